The van der Waals surface area contributed by atoms with Crippen molar-refractivity contribution in [1.82, 2.24) is 15.1 Å². The van der Waals surface area contributed by atoms with Gasteiger partial charge in [0.1, 0.15) is 6.61 Å². The second-order valence-corrected chi connectivity index (χ2v) is 5.97. The lowest BCUT2D eigenvalue weighted by Gasteiger charge is -2.30. The molecule has 5 heteroatoms. The maximum absolute atomic E-state index is 6.06. The van der Waals surface area contributed by atoms with E-state index in [1.165, 1.54) is 0 Å². The molecule has 114 valence electrons. The molecule has 1 aromatic carbocycles. The minimum absolute atomic E-state index is 0.406. The van der Waals surface area contributed by atoms with Gasteiger partial charge in [0.15, 0.2) is 5.15 Å². The Morgan fingerprint density at radius 1 is 1.05 bits per heavy atom. The monoisotopic (exact) mass is 307 g/mol. The van der Waals surface area contributed by atoms with E-state index in [2.05, 4.69) is 42.8 Å². The first kappa shape index (κ1) is 16.0. The summed E-state index contributed by atoms with van der Waals surface area (Å²) in [5.74, 6) is 0.544. The second kappa shape index (κ2) is 7.05. The lowest BCUT2D eigenvalue weighted by molar-refractivity contribution is 0.140. The van der Waals surface area contributed by atoms with Crippen LogP contribution >= 0.6 is 11.6 Å². The molecule has 0 radical (unpaired) electrons. The summed E-state index contributed by atoms with van der Waals surface area (Å²) in [6.45, 7) is 10.2. The summed E-state index contributed by atoms with van der Waals surface area (Å²) >= 11 is 6.06. The maximum atomic E-state index is 6.06. The molecule has 2 rings (SSSR count). The molecule has 0 aliphatic rings. The minimum Gasteiger partial charge on any atom is -0.475 e. The molecule has 21 heavy (non-hydrogen) atoms. The predicted octanol–water partition coefficient (Wildman–Crippen LogP) is 3.78. The van der Waals surface area contributed by atoms with Gasteiger partial charge in [-0.05, 0) is 33.8 Å². The number of hydrogen-bond donors (Lipinski definition) is 0. The van der Waals surface area contributed by atoms with Crippen LogP contribution in [0.1, 0.15) is 27.7 Å². The number of rotatable bonds is 6. The topological polar surface area (TPSA) is 38.2 Å². The Hall–Kier alpha value is -1.39. The Kier molecular flexibility index (Phi) is 5.37. The third-order valence-electron chi connectivity index (χ3n) is 3.52. The van der Waals surface area contributed by atoms with E-state index in [0.29, 0.717) is 29.7 Å². The highest BCUT2D eigenvalue weighted by molar-refractivity contribution is 6.34. The van der Waals surface area contributed by atoms with Crippen molar-refractivity contribution in [3.8, 4) is 5.88 Å². The van der Waals surface area contributed by atoms with Crippen molar-refractivity contribution in [1.29, 1.82) is 0 Å². The van der Waals surface area contributed by atoms with Crippen molar-refractivity contribution in [3.63, 3.8) is 0 Å². The Balaban J connectivity index is 2.09. The third kappa shape index (κ3) is 3.83. The zero-order valence-corrected chi connectivity index (χ0v) is 13.8. The molecule has 0 aliphatic heterocycles. The van der Waals surface area contributed by atoms with Crippen LogP contribution in [0.25, 0.3) is 10.8 Å². The fourth-order valence-electron chi connectivity index (χ4n) is 2.51. The van der Waals surface area contributed by atoms with E-state index < -0.39 is 0 Å². The van der Waals surface area contributed by atoms with Gasteiger partial charge < -0.3 is 4.74 Å². The van der Waals surface area contributed by atoms with Gasteiger partial charge in [0.2, 0.25) is 5.88 Å². The summed E-state index contributed by atoms with van der Waals surface area (Å²) in [6.07, 6.45) is 0. The number of nitrogens with zero attached hydrogens (tertiary/aromatic N) is 3. The van der Waals surface area contributed by atoms with Crippen LogP contribution in [0.3, 0.4) is 0 Å². The first-order valence-electron chi connectivity index (χ1n) is 7.30. The number of halogens is 1. The largest absolute Gasteiger partial charge is 0.475 e. The molecule has 0 spiro atoms. The average Bonchev–Trinajstić information content (AvgIpc) is 2.45. The molecule has 0 bridgehead atoms. The Labute approximate surface area is 131 Å². The van der Waals surface area contributed by atoms with Gasteiger partial charge in [-0.2, -0.15) is 0 Å². The van der Waals surface area contributed by atoms with Gasteiger partial charge >= 0.3 is 0 Å². The van der Waals surface area contributed by atoms with Crippen LogP contribution in [-0.4, -0.2) is 40.3 Å². The number of benzene rings is 1. The number of fused-ring (bicyclic) bond motifs is 1. The van der Waals surface area contributed by atoms with Gasteiger partial charge in [-0.3, -0.25) is 4.90 Å². The normalized spacial score (nSPS) is 11.8. The third-order valence-corrected chi connectivity index (χ3v) is 3.80. The highest BCUT2D eigenvalue weighted by Gasteiger charge is 2.14. The van der Waals surface area contributed by atoms with Gasteiger partial charge in [-0.1, -0.05) is 29.8 Å². The highest BCUT2D eigenvalue weighted by atomic mass is 35.5. The summed E-state index contributed by atoms with van der Waals surface area (Å²) in [4.78, 5) is 2.38. The van der Waals surface area contributed by atoms with Crippen molar-refractivity contribution < 1.29 is 4.74 Å². The second-order valence-electron chi connectivity index (χ2n) is 5.62. The van der Waals surface area contributed by atoms with E-state index >= 15 is 0 Å². The number of aromatic nitrogens is 2. The molecule has 0 saturated heterocycles. The molecule has 0 amide bonds. The van der Waals surface area contributed by atoms with Crippen LogP contribution in [0.15, 0.2) is 24.3 Å². The summed E-state index contributed by atoms with van der Waals surface area (Å²) in [5.41, 5.74) is 0. The summed E-state index contributed by atoms with van der Waals surface area (Å²) in [6, 6.07) is 8.73. The van der Waals surface area contributed by atoms with Crippen LogP contribution in [0.5, 0.6) is 5.88 Å². The first-order valence-corrected chi connectivity index (χ1v) is 7.68. The zero-order valence-electron chi connectivity index (χ0n) is 13.0. The number of ether oxygens (including phenoxy) is 1. The van der Waals surface area contributed by atoms with Crippen LogP contribution < -0.4 is 4.74 Å². The highest BCUT2D eigenvalue weighted by Crippen LogP contribution is 2.26. The van der Waals surface area contributed by atoms with E-state index in [1.807, 2.05) is 24.3 Å². The molecule has 0 atom stereocenters. The van der Waals surface area contributed by atoms with Crippen molar-refractivity contribution in [2.75, 3.05) is 13.2 Å². The molecular formula is C16H22ClN3O. The minimum atomic E-state index is 0.406. The summed E-state index contributed by atoms with van der Waals surface area (Å²) in [7, 11) is 0. The quantitative estimate of drug-likeness (QED) is 0.814. The average molecular weight is 308 g/mol. The van der Waals surface area contributed by atoms with E-state index in [4.69, 9.17) is 16.3 Å². The molecule has 0 aliphatic carbocycles. The van der Waals surface area contributed by atoms with Crippen molar-refractivity contribution >= 4 is 22.4 Å². The fourth-order valence-corrected chi connectivity index (χ4v) is 2.72. The summed E-state index contributed by atoms with van der Waals surface area (Å²) in [5, 5.41) is 10.2. The Morgan fingerprint density at radius 3 is 2.29 bits per heavy atom. The number of hydrogen-bond acceptors (Lipinski definition) is 4. The van der Waals surface area contributed by atoms with E-state index in [-0.39, 0.29) is 0 Å². The van der Waals surface area contributed by atoms with Crippen LogP contribution in [-0.2, 0) is 0 Å². The molecule has 0 unspecified atom stereocenters. The standard InChI is InChI=1S/C16H22ClN3O/c1-11(2)20(12(3)4)9-10-21-16-14-8-6-5-7-13(14)15(17)18-19-16/h5-8,11-12H,9-10H2,1-4H3. The molecule has 1 heterocycles. The van der Waals surface area contributed by atoms with Gasteiger partial charge in [-0.25, -0.2) is 0 Å². The van der Waals surface area contributed by atoms with E-state index in [9.17, 15) is 0 Å². The van der Waals surface area contributed by atoms with Crippen molar-refractivity contribution in [3.05, 3.63) is 29.4 Å². The van der Waals surface area contributed by atoms with Gasteiger partial charge in [0.25, 0.3) is 0 Å². The zero-order chi connectivity index (χ0) is 15.4. The molecule has 0 fully saturated rings. The van der Waals surface area contributed by atoms with Crippen molar-refractivity contribution in [2.24, 2.45) is 0 Å². The SMILES string of the molecule is CC(C)N(CCOc1nnc(Cl)c2ccccc12)C(C)C. The van der Waals surface area contributed by atoms with Crippen molar-refractivity contribution in [2.45, 2.75) is 39.8 Å². The van der Waals surface area contributed by atoms with Gasteiger partial charge in [-0.15, -0.1) is 10.2 Å². The predicted molar refractivity (Wildman–Crippen MR) is 87.0 cm³/mol. The molecule has 1 aromatic heterocycles. The smallest absolute Gasteiger partial charge is 0.241 e. The lowest BCUT2D eigenvalue weighted by atomic mass is 10.2. The summed E-state index contributed by atoms with van der Waals surface area (Å²) < 4.78 is 5.83. The molecule has 2 aromatic rings. The molecule has 0 saturated carbocycles. The lowest BCUT2D eigenvalue weighted by Crippen LogP contribution is -2.39. The van der Waals surface area contributed by atoms with E-state index in [1.54, 1.807) is 0 Å². The molecule has 0 N–H and O–H groups in total. The molecular weight excluding hydrogens is 286 g/mol. The van der Waals surface area contributed by atoms with Gasteiger partial charge in [0.05, 0.1) is 0 Å². The van der Waals surface area contributed by atoms with E-state index in [0.717, 1.165) is 17.3 Å². The van der Waals surface area contributed by atoms with Gasteiger partial charge in [0, 0.05) is 29.4 Å². The van der Waals surface area contributed by atoms with Crippen LogP contribution in [0, 0.1) is 0 Å². The first-order chi connectivity index (χ1) is 10.0. The Bertz CT molecular complexity index is 593. The maximum Gasteiger partial charge on any atom is 0.241 e. The van der Waals surface area contributed by atoms with Crippen LogP contribution in [0.2, 0.25) is 5.15 Å². The Morgan fingerprint density at radius 2 is 1.67 bits per heavy atom. The fraction of sp³-hybridized carbons (Fsp3) is 0.500. The molecule has 4 nitrogen and oxygen atoms in total. The van der Waals surface area contributed by atoms with Crippen LogP contribution in [0.4, 0.5) is 0 Å².